The molecular formula is C14H19F2NO4. The molecule has 1 saturated carbocycles. The molecule has 2 fully saturated rings. The highest BCUT2D eigenvalue weighted by Crippen LogP contribution is 2.58. The summed E-state index contributed by atoms with van der Waals surface area (Å²) in [6.45, 7) is 4.23. The lowest BCUT2D eigenvalue weighted by molar-refractivity contribution is -0.210. The number of carbonyl (C=O) groups excluding carboxylic acids is 1. The molecule has 1 heterocycles. The van der Waals surface area contributed by atoms with Gasteiger partial charge in [0.1, 0.15) is 6.61 Å². The number of ether oxygens (including phenoxy) is 1. The molecule has 1 aliphatic carbocycles. The average Bonchev–Trinajstić information content (AvgIpc) is 2.41. The van der Waals surface area contributed by atoms with Crippen LogP contribution in [-0.2, 0) is 9.53 Å². The molecule has 1 aliphatic heterocycles. The Morgan fingerprint density at radius 3 is 2.33 bits per heavy atom. The number of hydrogen-bond donors (Lipinski definition) is 1. The Labute approximate surface area is 121 Å². The summed E-state index contributed by atoms with van der Waals surface area (Å²) >= 11 is 0. The van der Waals surface area contributed by atoms with Gasteiger partial charge in [-0.1, -0.05) is 12.7 Å². The standard InChI is InChI=1S/C14H19F2NO4/c1-2-7-21-12(20)17-5-3-10(4-6-17)13(11(18)19)8-14(15,16)9-13/h2,10H,1,3-9H2,(H,18,19). The van der Waals surface area contributed by atoms with Gasteiger partial charge in [0, 0.05) is 25.9 Å². The van der Waals surface area contributed by atoms with Crippen molar-refractivity contribution in [3.63, 3.8) is 0 Å². The molecule has 7 heteroatoms. The van der Waals surface area contributed by atoms with E-state index in [1.54, 1.807) is 0 Å². The van der Waals surface area contributed by atoms with Gasteiger partial charge in [-0.25, -0.2) is 13.6 Å². The number of alkyl halides is 2. The highest BCUT2D eigenvalue weighted by Gasteiger charge is 2.64. The van der Waals surface area contributed by atoms with Crippen LogP contribution >= 0.6 is 0 Å². The van der Waals surface area contributed by atoms with Crippen molar-refractivity contribution in [2.24, 2.45) is 11.3 Å². The summed E-state index contributed by atoms with van der Waals surface area (Å²) in [5.74, 6) is -4.35. The van der Waals surface area contributed by atoms with Gasteiger partial charge in [-0.3, -0.25) is 4.79 Å². The maximum absolute atomic E-state index is 13.1. The summed E-state index contributed by atoms with van der Waals surface area (Å²) in [5, 5.41) is 9.31. The van der Waals surface area contributed by atoms with Crippen molar-refractivity contribution in [2.45, 2.75) is 31.6 Å². The van der Waals surface area contributed by atoms with Gasteiger partial charge in [0.15, 0.2) is 0 Å². The summed E-state index contributed by atoms with van der Waals surface area (Å²) in [6, 6.07) is 0. The second kappa shape index (κ2) is 5.61. The zero-order chi connectivity index (χ0) is 15.7. The van der Waals surface area contributed by atoms with Crippen LogP contribution in [0.25, 0.3) is 0 Å². The number of aliphatic carboxylic acids is 1. The van der Waals surface area contributed by atoms with Crippen LogP contribution in [0, 0.1) is 11.3 Å². The predicted octanol–water partition coefficient (Wildman–Crippen LogP) is 2.52. The van der Waals surface area contributed by atoms with E-state index in [-0.39, 0.29) is 12.5 Å². The first-order valence-electron chi connectivity index (χ1n) is 6.94. The van der Waals surface area contributed by atoms with Crippen LogP contribution in [-0.4, -0.2) is 47.7 Å². The molecule has 2 rings (SSSR count). The molecule has 21 heavy (non-hydrogen) atoms. The van der Waals surface area contributed by atoms with E-state index in [4.69, 9.17) is 4.74 Å². The topological polar surface area (TPSA) is 66.8 Å². The predicted molar refractivity (Wildman–Crippen MR) is 70.1 cm³/mol. The number of piperidine rings is 1. The first kappa shape index (κ1) is 15.7. The number of likely N-dealkylation sites (tertiary alicyclic amines) is 1. The Morgan fingerprint density at radius 1 is 1.33 bits per heavy atom. The van der Waals surface area contributed by atoms with Crippen LogP contribution in [0.5, 0.6) is 0 Å². The molecule has 1 N–H and O–H groups in total. The molecule has 0 radical (unpaired) electrons. The first-order valence-corrected chi connectivity index (χ1v) is 6.94. The molecule has 2 aliphatic rings. The molecule has 0 aromatic rings. The number of rotatable bonds is 4. The molecule has 1 saturated heterocycles. The van der Waals surface area contributed by atoms with Gasteiger partial charge in [0.05, 0.1) is 5.41 Å². The van der Waals surface area contributed by atoms with E-state index in [9.17, 15) is 23.5 Å². The van der Waals surface area contributed by atoms with E-state index >= 15 is 0 Å². The van der Waals surface area contributed by atoms with Crippen LogP contribution in [0.2, 0.25) is 0 Å². The fourth-order valence-corrected chi connectivity index (χ4v) is 3.32. The van der Waals surface area contributed by atoms with Crippen molar-refractivity contribution in [1.29, 1.82) is 0 Å². The van der Waals surface area contributed by atoms with Crippen LogP contribution in [0.3, 0.4) is 0 Å². The van der Waals surface area contributed by atoms with E-state index in [1.807, 2.05) is 0 Å². The van der Waals surface area contributed by atoms with Crippen molar-refractivity contribution in [3.05, 3.63) is 12.7 Å². The minimum atomic E-state index is -2.88. The van der Waals surface area contributed by atoms with Crippen LogP contribution < -0.4 is 0 Å². The zero-order valence-electron chi connectivity index (χ0n) is 11.7. The Bertz CT molecular complexity index is 436. The smallest absolute Gasteiger partial charge is 0.410 e. The summed E-state index contributed by atoms with van der Waals surface area (Å²) in [5.41, 5.74) is -1.33. The molecule has 0 aromatic heterocycles. The van der Waals surface area contributed by atoms with E-state index in [0.29, 0.717) is 25.9 Å². The highest BCUT2D eigenvalue weighted by atomic mass is 19.3. The minimum absolute atomic E-state index is 0.115. The molecule has 0 unspecified atom stereocenters. The maximum atomic E-state index is 13.1. The highest BCUT2D eigenvalue weighted by molar-refractivity contribution is 5.77. The minimum Gasteiger partial charge on any atom is -0.481 e. The third-order valence-corrected chi connectivity index (χ3v) is 4.43. The molecule has 0 aromatic carbocycles. The van der Waals surface area contributed by atoms with E-state index in [0.717, 1.165) is 0 Å². The van der Waals surface area contributed by atoms with E-state index in [2.05, 4.69) is 6.58 Å². The van der Waals surface area contributed by atoms with Crippen molar-refractivity contribution in [2.75, 3.05) is 19.7 Å². The Morgan fingerprint density at radius 2 is 1.90 bits per heavy atom. The molecule has 0 atom stereocenters. The van der Waals surface area contributed by atoms with Crippen LogP contribution in [0.4, 0.5) is 13.6 Å². The number of carbonyl (C=O) groups is 2. The van der Waals surface area contributed by atoms with Gasteiger partial charge in [-0.05, 0) is 18.8 Å². The summed E-state index contributed by atoms with van der Waals surface area (Å²) < 4.78 is 31.2. The number of amides is 1. The molecular weight excluding hydrogens is 284 g/mol. The van der Waals surface area contributed by atoms with Gasteiger partial charge in [0.2, 0.25) is 5.92 Å². The molecule has 0 spiro atoms. The Balaban J connectivity index is 1.92. The number of halogens is 2. The van der Waals surface area contributed by atoms with Gasteiger partial charge >= 0.3 is 12.1 Å². The fraction of sp³-hybridized carbons (Fsp3) is 0.714. The van der Waals surface area contributed by atoms with Gasteiger partial charge in [-0.15, -0.1) is 0 Å². The Kier molecular flexibility index (Phi) is 4.20. The zero-order valence-corrected chi connectivity index (χ0v) is 11.7. The van der Waals surface area contributed by atoms with Crippen molar-refractivity contribution >= 4 is 12.1 Å². The molecule has 1 amide bonds. The normalized spacial score (nSPS) is 24.0. The second-order valence-corrected chi connectivity index (χ2v) is 5.80. The van der Waals surface area contributed by atoms with Crippen LogP contribution in [0.15, 0.2) is 12.7 Å². The van der Waals surface area contributed by atoms with E-state index in [1.165, 1.54) is 11.0 Å². The third kappa shape index (κ3) is 3.01. The number of carboxylic acids is 1. The quantitative estimate of drug-likeness (QED) is 0.810. The lowest BCUT2D eigenvalue weighted by Crippen LogP contribution is -2.57. The van der Waals surface area contributed by atoms with E-state index < -0.39 is 36.2 Å². The SMILES string of the molecule is C=CCOC(=O)N1CCC(C2(C(=O)O)CC(F)(F)C2)CC1. The van der Waals surface area contributed by atoms with Crippen molar-refractivity contribution in [1.82, 2.24) is 4.90 Å². The first-order chi connectivity index (χ1) is 9.81. The number of nitrogens with zero attached hydrogens (tertiary/aromatic N) is 1. The second-order valence-electron chi connectivity index (χ2n) is 5.80. The fourth-order valence-electron chi connectivity index (χ4n) is 3.32. The summed E-state index contributed by atoms with van der Waals surface area (Å²) in [7, 11) is 0. The maximum Gasteiger partial charge on any atom is 0.410 e. The Hall–Kier alpha value is -1.66. The van der Waals surface area contributed by atoms with Gasteiger partial charge < -0.3 is 14.7 Å². The molecule has 5 nitrogen and oxygen atoms in total. The summed E-state index contributed by atoms with van der Waals surface area (Å²) in [4.78, 5) is 24.5. The average molecular weight is 303 g/mol. The molecule has 0 bridgehead atoms. The lowest BCUT2D eigenvalue weighted by Gasteiger charge is -2.50. The third-order valence-electron chi connectivity index (χ3n) is 4.43. The van der Waals surface area contributed by atoms with Gasteiger partial charge in [0.25, 0.3) is 0 Å². The van der Waals surface area contributed by atoms with Crippen molar-refractivity contribution in [3.8, 4) is 0 Å². The lowest BCUT2D eigenvalue weighted by atomic mass is 9.57. The number of hydrogen-bond acceptors (Lipinski definition) is 3. The van der Waals surface area contributed by atoms with Gasteiger partial charge in [-0.2, -0.15) is 0 Å². The number of carboxylic acid groups (broad SMARTS) is 1. The van der Waals surface area contributed by atoms with Crippen LogP contribution in [0.1, 0.15) is 25.7 Å². The summed E-state index contributed by atoms with van der Waals surface area (Å²) in [6.07, 6.45) is 0.608. The monoisotopic (exact) mass is 303 g/mol. The van der Waals surface area contributed by atoms with Crippen molar-refractivity contribution < 1.29 is 28.2 Å². The largest absolute Gasteiger partial charge is 0.481 e. The molecule has 118 valence electrons.